The molecule has 3 atom stereocenters. The summed E-state index contributed by atoms with van der Waals surface area (Å²) in [5, 5.41) is 0. The third-order valence-corrected chi connectivity index (χ3v) is 5.17. The molecule has 0 amide bonds. The molecule has 0 aromatic carbocycles. The standard InChI is InChI=1S/C15H28IN/c1-5-12(15(17)6-10(2)3)7-11(4)8-13-9-14(13)16/h10-11,13-14H,5-9,17H2,1-4H3/b15-12-/t11?,13-,14?/m1/s1. The number of hydrogen-bond acceptors (Lipinski definition) is 1. The van der Waals surface area contributed by atoms with Gasteiger partial charge in [-0.1, -0.05) is 55.9 Å². The van der Waals surface area contributed by atoms with Crippen LogP contribution in [0.5, 0.6) is 0 Å². The Balaban J connectivity index is 2.44. The van der Waals surface area contributed by atoms with E-state index in [1.807, 2.05) is 0 Å². The van der Waals surface area contributed by atoms with Crippen LogP contribution in [0.1, 0.15) is 59.8 Å². The number of halogens is 1. The summed E-state index contributed by atoms with van der Waals surface area (Å²) >= 11 is 2.59. The highest BCUT2D eigenvalue weighted by Gasteiger charge is 2.35. The highest BCUT2D eigenvalue weighted by molar-refractivity contribution is 14.1. The molecule has 0 aliphatic heterocycles. The maximum absolute atomic E-state index is 6.23. The molecule has 1 aliphatic carbocycles. The number of alkyl halides is 1. The van der Waals surface area contributed by atoms with Gasteiger partial charge in [-0.05, 0) is 49.9 Å². The van der Waals surface area contributed by atoms with Crippen LogP contribution in [-0.4, -0.2) is 3.92 Å². The second-order valence-corrected chi connectivity index (χ2v) is 7.74. The topological polar surface area (TPSA) is 26.0 Å². The van der Waals surface area contributed by atoms with Crippen LogP contribution in [0.4, 0.5) is 0 Å². The van der Waals surface area contributed by atoms with Gasteiger partial charge in [-0.25, -0.2) is 0 Å². The minimum atomic E-state index is 0.675. The molecule has 2 unspecified atom stereocenters. The first-order valence-electron chi connectivity index (χ1n) is 7.04. The van der Waals surface area contributed by atoms with Crippen molar-refractivity contribution in [2.45, 2.75) is 63.7 Å². The monoisotopic (exact) mass is 349 g/mol. The van der Waals surface area contributed by atoms with Gasteiger partial charge in [0, 0.05) is 9.62 Å². The first-order chi connectivity index (χ1) is 7.93. The fraction of sp³-hybridized carbons (Fsp3) is 0.867. The van der Waals surface area contributed by atoms with E-state index in [4.69, 9.17) is 5.73 Å². The van der Waals surface area contributed by atoms with Gasteiger partial charge in [0.25, 0.3) is 0 Å². The molecule has 1 nitrogen and oxygen atoms in total. The van der Waals surface area contributed by atoms with Crippen LogP contribution in [0.2, 0.25) is 0 Å². The minimum absolute atomic E-state index is 0.675. The normalized spacial score (nSPS) is 26.9. The van der Waals surface area contributed by atoms with Gasteiger partial charge < -0.3 is 5.73 Å². The van der Waals surface area contributed by atoms with Crippen LogP contribution >= 0.6 is 22.6 Å². The highest BCUT2D eigenvalue weighted by Crippen LogP contribution is 2.43. The van der Waals surface area contributed by atoms with Gasteiger partial charge in [-0.3, -0.25) is 0 Å². The Hall–Kier alpha value is 0.270. The van der Waals surface area contributed by atoms with Crippen LogP contribution in [0.25, 0.3) is 0 Å². The van der Waals surface area contributed by atoms with Crippen molar-refractivity contribution >= 4 is 22.6 Å². The number of allylic oxidation sites excluding steroid dienone is 2. The van der Waals surface area contributed by atoms with Gasteiger partial charge >= 0.3 is 0 Å². The average Bonchev–Trinajstić information content (AvgIpc) is 2.89. The Morgan fingerprint density at radius 1 is 1.29 bits per heavy atom. The number of rotatable bonds is 7. The number of nitrogens with two attached hydrogens (primary N) is 1. The zero-order valence-corrected chi connectivity index (χ0v) is 14.0. The summed E-state index contributed by atoms with van der Waals surface area (Å²) in [4.78, 5) is 0. The van der Waals surface area contributed by atoms with Crippen LogP contribution in [0.3, 0.4) is 0 Å². The van der Waals surface area contributed by atoms with Gasteiger partial charge in [-0.2, -0.15) is 0 Å². The van der Waals surface area contributed by atoms with E-state index in [-0.39, 0.29) is 0 Å². The first kappa shape index (κ1) is 15.3. The third-order valence-electron chi connectivity index (χ3n) is 3.65. The van der Waals surface area contributed by atoms with Crippen molar-refractivity contribution < 1.29 is 0 Å². The van der Waals surface area contributed by atoms with E-state index in [1.54, 1.807) is 0 Å². The molecule has 0 heterocycles. The van der Waals surface area contributed by atoms with E-state index in [1.165, 1.54) is 24.8 Å². The summed E-state index contributed by atoms with van der Waals surface area (Å²) in [6.45, 7) is 9.12. The zero-order valence-electron chi connectivity index (χ0n) is 11.8. The summed E-state index contributed by atoms with van der Waals surface area (Å²) in [7, 11) is 0. The molecule has 0 spiro atoms. The van der Waals surface area contributed by atoms with Gasteiger partial charge in [-0.15, -0.1) is 0 Å². The van der Waals surface area contributed by atoms with Crippen molar-refractivity contribution in [3.8, 4) is 0 Å². The molecule has 0 aromatic rings. The lowest BCUT2D eigenvalue weighted by Crippen LogP contribution is -2.09. The van der Waals surface area contributed by atoms with Crippen LogP contribution in [-0.2, 0) is 0 Å². The van der Waals surface area contributed by atoms with Gasteiger partial charge in [0.15, 0.2) is 0 Å². The van der Waals surface area contributed by atoms with Gasteiger partial charge in [0.1, 0.15) is 0 Å². The van der Waals surface area contributed by atoms with Crippen molar-refractivity contribution in [1.29, 1.82) is 0 Å². The molecule has 1 fully saturated rings. The summed E-state index contributed by atoms with van der Waals surface area (Å²) in [6.07, 6.45) is 6.24. The molecule has 100 valence electrons. The first-order valence-corrected chi connectivity index (χ1v) is 8.29. The molecule has 1 saturated carbocycles. The molecule has 0 aromatic heterocycles. The Labute approximate surface area is 121 Å². The Morgan fingerprint density at radius 3 is 2.29 bits per heavy atom. The molecule has 2 heteroatoms. The molecular formula is C15H28IN. The predicted molar refractivity (Wildman–Crippen MR) is 85.3 cm³/mol. The predicted octanol–water partition coefficient (Wildman–Crippen LogP) is 4.90. The fourth-order valence-electron chi connectivity index (χ4n) is 2.56. The second kappa shape index (κ2) is 7.01. The highest BCUT2D eigenvalue weighted by atomic mass is 127. The summed E-state index contributed by atoms with van der Waals surface area (Å²) < 4.78 is 0.956. The van der Waals surface area contributed by atoms with Crippen LogP contribution < -0.4 is 5.73 Å². The molecule has 1 rings (SSSR count). The van der Waals surface area contributed by atoms with Crippen molar-refractivity contribution in [1.82, 2.24) is 0 Å². The molecule has 17 heavy (non-hydrogen) atoms. The Morgan fingerprint density at radius 2 is 1.88 bits per heavy atom. The molecule has 0 bridgehead atoms. The van der Waals surface area contributed by atoms with E-state index in [0.29, 0.717) is 5.92 Å². The molecule has 1 aliphatic rings. The van der Waals surface area contributed by atoms with Crippen molar-refractivity contribution in [3.63, 3.8) is 0 Å². The van der Waals surface area contributed by atoms with E-state index in [0.717, 1.165) is 34.3 Å². The lowest BCUT2D eigenvalue weighted by atomic mass is 9.91. The van der Waals surface area contributed by atoms with Crippen molar-refractivity contribution in [2.75, 3.05) is 0 Å². The second-order valence-electron chi connectivity index (χ2n) is 6.14. The Kier molecular flexibility index (Phi) is 6.32. The van der Waals surface area contributed by atoms with E-state index >= 15 is 0 Å². The average molecular weight is 349 g/mol. The quantitative estimate of drug-likeness (QED) is 0.514. The smallest absolute Gasteiger partial charge is 0.0141 e. The van der Waals surface area contributed by atoms with E-state index in [2.05, 4.69) is 50.3 Å². The van der Waals surface area contributed by atoms with Crippen LogP contribution in [0, 0.1) is 17.8 Å². The molecule has 0 saturated heterocycles. The SMILES string of the molecule is CC/C(CC(C)C[C@@H]1CC1I)=C(/N)CC(C)C. The minimum Gasteiger partial charge on any atom is -0.402 e. The Bertz CT molecular complexity index is 270. The molecule has 2 N–H and O–H groups in total. The number of hydrogen-bond donors (Lipinski definition) is 1. The van der Waals surface area contributed by atoms with E-state index in [9.17, 15) is 0 Å². The summed E-state index contributed by atoms with van der Waals surface area (Å²) in [5.74, 6) is 2.48. The third kappa shape index (κ3) is 5.62. The maximum atomic E-state index is 6.23. The maximum Gasteiger partial charge on any atom is 0.0141 e. The molecular weight excluding hydrogens is 321 g/mol. The summed E-state index contributed by atoms with van der Waals surface area (Å²) in [5.41, 5.74) is 8.90. The largest absolute Gasteiger partial charge is 0.402 e. The fourth-order valence-corrected chi connectivity index (χ4v) is 3.51. The van der Waals surface area contributed by atoms with Gasteiger partial charge in [0.2, 0.25) is 0 Å². The molecule has 0 radical (unpaired) electrons. The summed E-state index contributed by atoms with van der Waals surface area (Å²) in [6, 6.07) is 0. The lowest BCUT2D eigenvalue weighted by molar-refractivity contribution is 0.485. The zero-order chi connectivity index (χ0) is 13.0. The van der Waals surface area contributed by atoms with E-state index < -0.39 is 0 Å². The van der Waals surface area contributed by atoms with Gasteiger partial charge in [0.05, 0.1) is 0 Å². The van der Waals surface area contributed by atoms with Crippen LogP contribution in [0.15, 0.2) is 11.3 Å². The van der Waals surface area contributed by atoms with Crippen molar-refractivity contribution in [3.05, 3.63) is 11.3 Å². The lowest BCUT2D eigenvalue weighted by Gasteiger charge is -2.17. The van der Waals surface area contributed by atoms with Crippen molar-refractivity contribution in [2.24, 2.45) is 23.5 Å².